The molecule has 0 aliphatic rings. The fourth-order valence-electron chi connectivity index (χ4n) is 1.67. The van der Waals surface area contributed by atoms with Crippen LogP contribution in [0.2, 0.25) is 0 Å². The molecule has 22 heavy (non-hydrogen) atoms. The van der Waals surface area contributed by atoms with Crippen LogP contribution in [0, 0.1) is 18.3 Å². The van der Waals surface area contributed by atoms with Crippen molar-refractivity contribution in [2.24, 2.45) is 10.9 Å². The molecule has 1 rings (SSSR count). The molecule has 2 N–H and O–H groups in total. The second kappa shape index (κ2) is 12.2. The van der Waals surface area contributed by atoms with E-state index in [4.69, 9.17) is 11.2 Å². The van der Waals surface area contributed by atoms with Crippen LogP contribution in [-0.4, -0.2) is 25.7 Å². The largest absolute Gasteiger partial charge is 0.493 e. The van der Waals surface area contributed by atoms with Gasteiger partial charge in [0.1, 0.15) is 5.75 Å². The molecule has 0 atom stereocenters. The molecule has 0 amide bonds. The zero-order valence-electron chi connectivity index (χ0n) is 13.6. The van der Waals surface area contributed by atoms with E-state index in [2.05, 4.69) is 35.4 Å². The zero-order chi connectivity index (χ0) is 15.5. The van der Waals surface area contributed by atoms with Crippen LogP contribution in [0.15, 0.2) is 29.3 Å². The van der Waals surface area contributed by atoms with Gasteiger partial charge in [0.2, 0.25) is 0 Å². The highest BCUT2D eigenvalue weighted by Gasteiger charge is 2.04. The second-order valence-corrected chi connectivity index (χ2v) is 5.07. The third-order valence-corrected chi connectivity index (χ3v) is 2.65. The van der Waals surface area contributed by atoms with E-state index in [1.54, 1.807) is 0 Å². The molecule has 0 unspecified atom stereocenters. The predicted octanol–water partition coefficient (Wildman–Crippen LogP) is 3.03. The van der Waals surface area contributed by atoms with Gasteiger partial charge in [0.25, 0.3) is 0 Å². The zero-order valence-corrected chi connectivity index (χ0v) is 15.9. The Kier molecular flexibility index (Phi) is 11.4. The number of nitrogens with one attached hydrogen (secondary N) is 2. The first-order chi connectivity index (χ1) is 10.2. The number of aliphatic imine (C=N–C) groups is 1. The molecule has 0 heterocycles. The van der Waals surface area contributed by atoms with Gasteiger partial charge in [-0.05, 0) is 18.9 Å². The molecule has 1 aromatic rings. The third kappa shape index (κ3) is 8.13. The standard InChI is InChI=1S/C17H25N3O.HI/c1-5-11-19-17(18-6-2)20-12-15-9-7-8-10-16(15)21-13-14(3)4;/h1,7-10,14H,6,11-13H2,2-4H3,(H2,18,19,20);1H. The number of ether oxygens (including phenoxy) is 1. The smallest absolute Gasteiger partial charge is 0.192 e. The summed E-state index contributed by atoms with van der Waals surface area (Å²) < 4.78 is 5.83. The van der Waals surface area contributed by atoms with Gasteiger partial charge in [-0.3, -0.25) is 0 Å². The summed E-state index contributed by atoms with van der Waals surface area (Å²) in [5.41, 5.74) is 1.07. The molecule has 4 nitrogen and oxygen atoms in total. The number of guanidine groups is 1. The summed E-state index contributed by atoms with van der Waals surface area (Å²) in [6.07, 6.45) is 5.26. The van der Waals surface area contributed by atoms with E-state index >= 15 is 0 Å². The number of nitrogens with zero attached hydrogens (tertiary/aromatic N) is 1. The lowest BCUT2D eigenvalue weighted by molar-refractivity contribution is 0.268. The fraction of sp³-hybridized carbons (Fsp3) is 0.471. The van der Waals surface area contributed by atoms with Crippen LogP contribution in [0.5, 0.6) is 5.75 Å². The quantitative estimate of drug-likeness (QED) is 0.312. The Labute approximate surface area is 151 Å². The maximum Gasteiger partial charge on any atom is 0.192 e. The van der Waals surface area contributed by atoms with Crippen LogP contribution in [0.1, 0.15) is 26.3 Å². The van der Waals surface area contributed by atoms with Gasteiger partial charge in [-0.25, -0.2) is 4.99 Å². The number of hydrogen-bond acceptors (Lipinski definition) is 2. The average Bonchev–Trinajstić information content (AvgIpc) is 2.48. The van der Waals surface area contributed by atoms with E-state index in [1.807, 2.05) is 31.2 Å². The highest BCUT2D eigenvalue weighted by atomic mass is 127. The Morgan fingerprint density at radius 3 is 2.68 bits per heavy atom. The maximum atomic E-state index is 5.83. The van der Waals surface area contributed by atoms with Crippen LogP contribution in [0.3, 0.4) is 0 Å². The normalized spacial score (nSPS) is 10.6. The van der Waals surface area contributed by atoms with Crippen molar-refractivity contribution < 1.29 is 4.74 Å². The van der Waals surface area contributed by atoms with Crippen molar-refractivity contribution in [2.75, 3.05) is 19.7 Å². The van der Waals surface area contributed by atoms with Crippen LogP contribution < -0.4 is 15.4 Å². The van der Waals surface area contributed by atoms with Gasteiger partial charge in [0, 0.05) is 12.1 Å². The number of hydrogen-bond donors (Lipinski definition) is 2. The summed E-state index contributed by atoms with van der Waals surface area (Å²) in [6.45, 7) is 8.79. The summed E-state index contributed by atoms with van der Waals surface area (Å²) in [5.74, 6) is 4.65. The van der Waals surface area contributed by atoms with Crippen LogP contribution in [0.25, 0.3) is 0 Å². The first-order valence-corrected chi connectivity index (χ1v) is 7.33. The van der Waals surface area contributed by atoms with Crippen molar-refractivity contribution in [3.8, 4) is 18.1 Å². The molecule has 0 aliphatic carbocycles. The minimum absolute atomic E-state index is 0. The molecule has 0 fully saturated rings. The minimum Gasteiger partial charge on any atom is -0.493 e. The minimum atomic E-state index is 0. The molecule has 122 valence electrons. The summed E-state index contributed by atoms with van der Waals surface area (Å²) in [7, 11) is 0. The summed E-state index contributed by atoms with van der Waals surface area (Å²) in [4.78, 5) is 4.53. The molecule has 0 bridgehead atoms. The molecule has 0 spiro atoms. The summed E-state index contributed by atoms with van der Waals surface area (Å²) in [6, 6.07) is 7.98. The molecule has 0 radical (unpaired) electrons. The van der Waals surface area contributed by atoms with E-state index < -0.39 is 0 Å². The first kappa shape index (κ1) is 20.6. The van der Waals surface area contributed by atoms with Gasteiger partial charge in [0.15, 0.2) is 5.96 Å². The highest BCUT2D eigenvalue weighted by molar-refractivity contribution is 14.0. The predicted molar refractivity (Wildman–Crippen MR) is 104 cm³/mol. The molecule has 0 saturated carbocycles. The van der Waals surface area contributed by atoms with E-state index in [0.717, 1.165) is 17.9 Å². The monoisotopic (exact) mass is 415 g/mol. The number of halogens is 1. The lowest BCUT2D eigenvalue weighted by Crippen LogP contribution is -2.37. The van der Waals surface area contributed by atoms with E-state index in [1.165, 1.54) is 0 Å². The lowest BCUT2D eigenvalue weighted by Gasteiger charge is -2.13. The molecule has 0 saturated heterocycles. The molecule has 0 aliphatic heterocycles. The fourth-order valence-corrected chi connectivity index (χ4v) is 1.67. The van der Waals surface area contributed by atoms with E-state index in [9.17, 15) is 0 Å². The Hall–Kier alpha value is -1.42. The number of rotatable bonds is 7. The summed E-state index contributed by atoms with van der Waals surface area (Å²) >= 11 is 0. The van der Waals surface area contributed by atoms with E-state index in [0.29, 0.717) is 31.6 Å². The van der Waals surface area contributed by atoms with Gasteiger partial charge in [-0.15, -0.1) is 30.4 Å². The molecule has 1 aromatic carbocycles. The van der Waals surface area contributed by atoms with Gasteiger partial charge in [-0.2, -0.15) is 0 Å². The molecule has 5 heteroatoms. The van der Waals surface area contributed by atoms with Crippen molar-refractivity contribution in [2.45, 2.75) is 27.3 Å². The van der Waals surface area contributed by atoms with Crippen LogP contribution in [0.4, 0.5) is 0 Å². The van der Waals surface area contributed by atoms with Gasteiger partial charge >= 0.3 is 0 Å². The van der Waals surface area contributed by atoms with Crippen LogP contribution in [-0.2, 0) is 6.54 Å². The van der Waals surface area contributed by atoms with Crippen molar-refractivity contribution in [3.05, 3.63) is 29.8 Å². The van der Waals surface area contributed by atoms with E-state index in [-0.39, 0.29) is 24.0 Å². The highest BCUT2D eigenvalue weighted by Crippen LogP contribution is 2.19. The Balaban J connectivity index is 0.00000441. The Morgan fingerprint density at radius 1 is 1.32 bits per heavy atom. The second-order valence-electron chi connectivity index (χ2n) is 5.07. The average molecular weight is 415 g/mol. The van der Waals surface area contributed by atoms with Gasteiger partial charge < -0.3 is 15.4 Å². The van der Waals surface area contributed by atoms with Crippen molar-refractivity contribution in [1.82, 2.24) is 10.6 Å². The van der Waals surface area contributed by atoms with Crippen LogP contribution >= 0.6 is 24.0 Å². The van der Waals surface area contributed by atoms with Gasteiger partial charge in [-0.1, -0.05) is 38.0 Å². The summed E-state index contributed by atoms with van der Waals surface area (Å²) in [5, 5.41) is 6.23. The number of para-hydroxylation sites is 1. The maximum absolute atomic E-state index is 5.83. The molecular formula is C17H26IN3O. The number of terminal acetylenes is 1. The van der Waals surface area contributed by atoms with Crippen molar-refractivity contribution in [1.29, 1.82) is 0 Å². The molecular weight excluding hydrogens is 389 g/mol. The Bertz CT molecular complexity index is 495. The topological polar surface area (TPSA) is 45.7 Å². The number of benzene rings is 1. The van der Waals surface area contributed by atoms with Crippen molar-refractivity contribution >= 4 is 29.9 Å². The molecule has 0 aromatic heterocycles. The third-order valence-electron chi connectivity index (χ3n) is 2.65. The Morgan fingerprint density at radius 2 is 2.05 bits per heavy atom. The lowest BCUT2D eigenvalue weighted by atomic mass is 10.2. The first-order valence-electron chi connectivity index (χ1n) is 7.33. The van der Waals surface area contributed by atoms with Crippen molar-refractivity contribution in [3.63, 3.8) is 0 Å². The van der Waals surface area contributed by atoms with Gasteiger partial charge in [0.05, 0.1) is 19.7 Å². The SMILES string of the molecule is C#CCNC(=NCc1ccccc1OCC(C)C)NCC.I.